The molecule has 5 nitrogen and oxygen atoms in total. The maximum Gasteiger partial charge on any atom is 0.322 e. The van der Waals surface area contributed by atoms with Crippen molar-refractivity contribution in [1.82, 2.24) is 10.6 Å². The van der Waals surface area contributed by atoms with Crippen LogP contribution in [-0.2, 0) is 10.3 Å². The largest absolute Gasteiger partial charge is 0.378 e. The molecule has 112 valence electrons. The first-order valence-electron chi connectivity index (χ1n) is 7.01. The van der Waals surface area contributed by atoms with Crippen LogP contribution in [0.4, 0.5) is 10.5 Å². The summed E-state index contributed by atoms with van der Waals surface area (Å²) < 4.78 is 0. The minimum absolute atomic E-state index is 0.360. The van der Waals surface area contributed by atoms with Crippen LogP contribution in [0.3, 0.4) is 0 Å². The lowest BCUT2D eigenvalue weighted by molar-refractivity contribution is -0.122. The Labute approximate surface area is 128 Å². The Kier molecular flexibility index (Phi) is 3.33. The minimum atomic E-state index is -1.18. The van der Waals surface area contributed by atoms with Gasteiger partial charge in [-0.1, -0.05) is 42.5 Å². The molecule has 1 atom stereocenters. The van der Waals surface area contributed by atoms with E-state index in [1.165, 1.54) is 0 Å². The van der Waals surface area contributed by atoms with Crippen LogP contribution in [0.2, 0.25) is 0 Å². The molecule has 0 aromatic heterocycles. The number of urea groups is 1. The summed E-state index contributed by atoms with van der Waals surface area (Å²) in [4.78, 5) is 26.2. The van der Waals surface area contributed by atoms with E-state index in [9.17, 15) is 9.59 Å². The van der Waals surface area contributed by atoms with Gasteiger partial charge < -0.3 is 10.2 Å². The SMILES string of the molecule is CN(C)c1ccc(C2(c3ccccc3)NC(=O)NC2=O)cc1. The van der Waals surface area contributed by atoms with Gasteiger partial charge in [-0.3, -0.25) is 10.1 Å². The number of amides is 3. The third kappa shape index (κ3) is 2.11. The first-order valence-corrected chi connectivity index (χ1v) is 7.01. The monoisotopic (exact) mass is 295 g/mol. The Hall–Kier alpha value is -2.82. The van der Waals surface area contributed by atoms with Gasteiger partial charge in [0.1, 0.15) is 0 Å². The normalized spacial score (nSPS) is 20.5. The fourth-order valence-corrected chi connectivity index (χ4v) is 2.73. The number of carbonyl (C=O) groups is 2. The van der Waals surface area contributed by atoms with E-state index in [0.717, 1.165) is 16.8 Å². The van der Waals surface area contributed by atoms with E-state index in [-0.39, 0.29) is 5.91 Å². The molecule has 0 saturated carbocycles. The lowest BCUT2D eigenvalue weighted by atomic mass is 9.83. The van der Waals surface area contributed by atoms with Crippen molar-refractivity contribution in [2.75, 3.05) is 19.0 Å². The molecular formula is C17H17N3O2. The van der Waals surface area contributed by atoms with Gasteiger partial charge in [-0.25, -0.2) is 4.79 Å². The zero-order valence-electron chi connectivity index (χ0n) is 12.5. The molecule has 3 rings (SSSR count). The van der Waals surface area contributed by atoms with Crippen molar-refractivity contribution in [3.63, 3.8) is 0 Å². The number of benzene rings is 2. The summed E-state index contributed by atoms with van der Waals surface area (Å²) in [7, 11) is 3.90. The summed E-state index contributed by atoms with van der Waals surface area (Å²) in [5.74, 6) is -0.360. The highest BCUT2D eigenvalue weighted by atomic mass is 16.2. The molecule has 2 aromatic carbocycles. The predicted octanol–water partition coefficient (Wildman–Crippen LogP) is 1.84. The molecule has 2 N–H and O–H groups in total. The van der Waals surface area contributed by atoms with Crippen LogP contribution in [0.5, 0.6) is 0 Å². The fraction of sp³-hybridized carbons (Fsp3) is 0.176. The Morgan fingerprint density at radius 1 is 0.864 bits per heavy atom. The number of nitrogens with one attached hydrogen (secondary N) is 2. The van der Waals surface area contributed by atoms with Crippen LogP contribution in [-0.4, -0.2) is 26.0 Å². The Balaban J connectivity index is 2.15. The summed E-state index contributed by atoms with van der Waals surface area (Å²) in [6.07, 6.45) is 0. The first-order chi connectivity index (χ1) is 10.5. The van der Waals surface area contributed by atoms with E-state index in [1.807, 2.05) is 73.6 Å². The van der Waals surface area contributed by atoms with Gasteiger partial charge in [0.2, 0.25) is 0 Å². The molecule has 1 heterocycles. The maximum atomic E-state index is 12.5. The molecule has 0 spiro atoms. The van der Waals surface area contributed by atoms with Gasteiger partial charge in [0.15, 0.2) is 5.54 Å². The standard InChI is InChI=1S/C17H17N3O2/c1-20(2)14-10-8-13(9-11-14)17(12-6-4-3-5-7-12)15(21)18-16(22)19-17/h3-11H,1-2H3,(H2,18,19,21,22). The van der Waals surface area contributed by atoms with Crippen molar-refractivity contribution in [1.29, 1.82) is 0 Å². The second-order valence-electron chi connectivity index (χ2n) is 5.47. The van der Waals surface area contributed by atoms with Crippen molar-refractivity contribution in [2.24, 2.45) is 0 Å². The van der Waals surface area contributed by atoms with Crippen LogP contribution in [0.25, 0.3) is 0 Å². The zero-order valence-corrected chi connectivity index (χ0v) is 12.5. The van der Waals surface area contributed by atoms with Gasteiger partial charge in [-0.05, 0) is 23.3 Å². The molecule has 1 fully saturated rings. The van der Waals surface area contributed by atoms with E-state index in [0.29, 0.717) is 0 Å². The molecule has 0 radical (unpaired) electrons. The van der Waals surface area contributed by atoms with Gasteiger partial charge >= 0.3 is 6.03 Å². The summed E-state index contributed by atoms with van der Waals surface area (Å²) in [5.41, 5.74) is 1.31. The Morgan fingerprint density at radius 2 is 1.45 bits per heavy atom. The molecule has 0 aliphatic carbocycles. The topological polar surface area (TPSA) is 61.4 Å². The van der Waals surface area contributed by atoms with Crippen molar-refractivity contribution < 1.29 is 9.59 Å². The Morgan fingerprint density at radius 3 is 1.95 bits per heavy atom. The van der Waals surface area contributed by atoms with Crippen LogP contribution < -0.4 is 15.5 Å². The van der Waals surface area contributed by atoms with E-state index in [4.69, 9.17) is 0 Å². The molecule has 1 aliphatic heterocycles. The highest BCUT2D eigenvalue weighted by molar-refractivity contribution is 6.09. The average molecular weight is 295 g/mol. The van der Waals surface area contributed by atoms with E-state index >= 15 is 0 Å². The Bertz CT molecular complexity index is 710. The summed E-state index contributed by atoms with van der Waals surface area (Å²) in [6.45, 7) is 0. The summed E-state index contributed by atoms with van der Waals surface area (Å²) in [5, 5.41) is 5.13. The van der Waals surface area contributed by atoms with Crippen molar-refractivity contribution in [2.45, 2.75) is 5.54 Å². The lowest BCUT2D eigenvalue weighted by Gasteiger charge is -2.27. The number of hydrogen-bond acceptors (Lipinski definition) is 3. The average Bonchev–Trinajstić information content (AvgIpc) is 2.84. The van der Waals surface area contributed by atoms with E-state index in [2.05, 4.69) is 10.6 Å². The lowest BCUT2D eigenvalue weighted by Crippen LogP contribution is -2.44. The third-order valence-corrected chi connectivity index (χ3v) is 3.89. The van der Waals surface area contributed by atoms with Crippen LogP contribution >= 0.6 is 0 Å². The van der Waals surface area contributed by atoms with Gasteiger partial charge in [0.05, 0.1) is 0 Å². The smallest absolute Gasteiger partial charge is 0.322 e. The molecule has 5 heteroatoms. The second-order valence-corrected chi connectivity index (χ2v) is 5.47. The van der Waals surface area contributed by atoms with Crippen LogP contribution in [0.15, 0.2) is 54.6 Å². The highest BCUT2D eigenvalue weighted by Crippen LogP contribution is 2.33. The number of rotatable bonds is 3. The van der Waals surface area contributed by atoms with Crippen molar-refractivity contribution >= 4 is 17.6 Å². The first kappa shape index (κ1) is 14.1. The zero-order chi connectivity index (χ0) is 15.7. The molecule has 1 saturated heterocycles. The number of nitrogens with zero attached hydrogens (tertiary/aromatic N) is 1. The van der Waals surface area contributed by atoms with Gasteiger partial charge in [0, 0.05) is 19.8 Å². The maximum absolute atomic E-state index is 12.5. The van der Waals surface area contributed by atoms with Crippen molar-refractivity contribution in [3.05, 3.63) is 65.7 Å². The highest BCUT2D eigenvalue weighted by Gasteiger charge is 2.49. The van der Waals surface area contributed by atoms with Gasteiger partial charge in [-0.2, -0.15) is 0 Å². The summed E-state index contributed by atoms with van der Waals surface area (Å²) in [6, 6.07) is 16.4. The van der Waals surface area contributed by atoms with E-state index in [1.54, 1.807) is 0 Å². The minimum Gasteiger partial charge on any atom is -0.378 e. The molecule has 2 aromatic rings. The summed E-state index contributed by atoms with van der Waals surface area (Å²) >= 11 is 0. The van der Waals surface area contributed by atoms with E-state index < -0.39 is 11.6 Å². The molecule has 1 aliphatic rings. The van der Waals surface area contributed by atoms with Crippen LogP contribution in [0, 0.1) is 0 Å². The van der Waals surface area contributed by atoms with Gasteiger partial charge in [0.25, 0.3) is 5.91 Å². The third-order valence-electron chi connectivity index (χ3n) is 3.89. The number of anilines is 1. The number of carbonyl (C=O) groups excluding carboxylic acids is 2. The second kappa shape index (κ2) is 5.18. The molecule has 3 amide bonds. The predicted molar refractivity (Wildman–Crippen MR) is 84.7 cm³/mol. The molecule has 1 unspecified atom stereocenters. The number of hydrogen-bond donors (Lipinski definition) is 2. The fourth-order valence-electron chi connectivity index (χ4n) is 2.73. The van der Waals surface area contributed by atoms with Crippen LogP contribution in [0.1, 0.15) is 11.1 Å². The van der Waals surface area contributed by atoms with Gasteiger partial charge in [-0.15, -0.1) is 0 Å². The molecular weight excluding hydrogens is 278 g/mol. The molecule has 0 bridgehead atoms. The molecule has 22 heavy (non-hydrogen) atoms. The number of imide groups is 1. The quantitative estimate of drug-likeness (QED) is 0.849. The van der Waals surface area contributed by atoms with Crippen molar-refractivity contribution in [3.8, 4) is 0 Å².